The highest BCUT2D eigenvalue weighted by Gasteiger charge is 2.59. The molecule has 1 atom stereocenters. The molecule has 0 aromatic rings. The molecule has 1 N–H and O–H groups in total. The van der Waals surface area contributed by atoms with E-state index in [-0.39, 0.29) is 0 Å². The van der Waals surface area contributed by atoms with Gasteiger partial charge in [0.05, 0.1) is 12.5 Å². The highest BCUT2D eigenvalue weighted by Crippen LogP contribution is 2.35. The third-order valence-electron chi connectivity index (χ3n) is 1.83. The van der Waals surface area contributed by atoms with Crippen LogP contribution in [0.4, 0.5) is 26.3 Å². The molecule has 0 fully saturated rings. The van der Waals surface area contributed by atoms with Crippen molar-refractivity contribution in [2.45, 2.75) is 50.9 Å². The Hall–Kier alpha value is -1.52. The number of aliphatic hydroxyl groups excluding tert-OH is 1. The van der Waals surface area contributed by atoms with Gasteiger partial charge in [0.2, 0.25) is 0 Å². The van der Waals surface area contributed by atoms with Gasteiger partial charge >= 0.3 is 24.3 Å². The molecule has 124 valence electrons. The minimum Gasteiger partial charge on any atom is -0.461 e. The first-order valence-corrected chi connectivity index (χ1v) is 5.46. The summed E-state index contributed by atoms with van der Waals surface area (Å²) < 4.78 is 80.2. The number of carbonyl (C=O) groups is 2. The fourth-order valence-corrected chi connectivity index (χ4v) is 1.05. The fourth-order valence-electron chi connectivity index (χ4n) is 1.05. The lowest BCUT2D eigenvalue weighted by molar-refractivity contribution is -0.313. The molecule has 0 rings (SSSR count). The Morgan fingerprint density at radius 3 is 1.76 bits per heavy atom. The summed E-state index contributed by atoms with van der Waals surface area (Å²) in [6.45, 7) is 2.76. The van der Waals surface area contributed by atoms with Gasteiger partial charge in [0.1, 0.15) is 0 Å². The first-order chi connectivity index (χ1) is 9.25. The monoisotopic (exact) mass is 326 g/mol. The molecule has 21 heavy (non-hydrogen) atoms. The molecule has 11 heteroatoms. The first kappa shape index (κ1) is 19.5. The summed E-state index contributed by atoms with van der Waals surface area (Å²) in [5, 5.41) is 9.12. The number of hydrogen-bond acceptors (Lipinski definition) is 5. The van der Waals surface area contributed by atoms with Gasteiger partial charge in [-0.25, -0.2) is 4.79 Å². The van der Waals surface area contributed by atoms with E-state index in [2.05, 4.69) is 9.47 Å². The van der Waals surface area contributed by atoms with Crippen LogP contribution < -0.4 is 0 Å². The van der Waals surface area contributed by atoms with Crippen LogP contribution in [0.1, 0.15) is 20.3 Å². The standard InChI is InChI=1S/C10H12F6O5/c1-4(2)20-7(19)5(17)3-6(18)21-8(9(11,12)13)10(14,15)16/h4-5,8,17H,3H2,1-2H3. The van der Waals surface area contributed by atoms with Crippen LogP contribution in [0.2, 0.25) is 0 Å². The van der Waals surface area contributed by atoms with Crippen molar-refractivity contribution in [3.8, 4) is 0 Å². The molecule has 0 aromatic carbocycles. The van der Waals surface area contributed by atoms with Crippen molar-refractivity contribution in [1.29, 1.82) is 0 Å². The number of esters is 2. The summed E-state index contributed by atoms with van der Waals surface area (Å²) in [6.07, 6.45) is -20.4. The molecule has 0 amide bonds. The van der Waals surface area contributed by atoms with Gasteiger partial charge in [0.15, 0.2) is 6.10 Å². The van der Waals surface area contributed by atoms with Crippen LogP contribution in [0, 0.1) is 0 Å². The van der Waals surface area contributed by atoms with E-state index in [1.54, 1.807) is 0 Å². The van der Waals surface area contributed by atoms with E-state index in [0.717, 1.165) is 0 Å². The Morgan fingerprint density at radius 1 is 1.00 bits per heavy atom. The summed E-state index contributed by atoms with van der Waals surface area (Å²) in [6, 6.07) is 0. The van der Waals surface area contributed by atoms with Gasteiger partial charge in [-0.05, 0) is 13.8 Å². The number of alkyl halides is 6. The normalized spacial score (nSPS) is 14.2. The molecule has 0 saturated heterocycles. The molecule has 0 bridgehead atoms. The predicted octanol–water partition coefficient (Wildman–Crippen LogP) is 1.73. The van der Waals surface area contributed by atoms with Gasteiger partial charge in [-0.1, -0.05) is 0 Å². The lowest BCUT2D eigenvalue weighted by Gasteiger charge is -2.23. The van der Waals surface area contributed by atoms with E-state index >= 15 is 0 Å². The summed E-state index contributed by atoms with van der Waals surface area (Å²) in [7, 11) is 0. The van der Waals surface area contributed by atoms with Crippen LogP contribution in [0.3, 0.4) is 0 Å². The number of hydrogen-bond donors (Lipinski definition) is 1. The van der Waals surface area contributed by atoms with E-state index < -0.39 is 49.0 Å². The lowest BCUT2D eigenvalue weighted by atomic mass is 10.2. The number of aliphatic hydroxyl groups is 1. The number of halogens is 6. The minimum atomic E-state index is -5.86. The summed E-state index contributed by atoms with van der Waals surface area (Å²) >= 11 is 0. The minimum absolute atomic E-state index is 0.693. The van der Waals surface area contributed by atoms with Crippen molar-refractivity contribution >= 4 is 11.9 Å². The summed E-state index contributed by atoms with van der Waals surface area (Å²) in [5.74, 6) is -3.40. The predicted molar refractivity (Wildman–Crippen MR) is 53.8 cm³/mol. The second-order valence-electron chi connectivity index (χ2n) is 4.16. The van der Waals surface area contributed by atoms with Gasteiger partial charge < -0.3 is 14.6 Å². The highest BCUT2D eigenvalue weighted by molar-refractivity contribution is 5.81. The third-order valence-corrected chi connectivity index (χ3v) is 1.83. The van der Waals surface area contributed by atoms with E-state index in [1.165, 1.54) is 13.8 Å². The Balaban J connectivity index is 4.70. The van der Waals surface area contributed by atoms with Gasteiger partial charge in [0, 0.05) is 0 Å². The zero-order chi connectivity index (χ0) is 17.0. The van der Waals surface area contributed by atoms with Crippen LogP contribution in [0.5, 0.6) is 0 Å². The highest BCUT2D eigenvalue weighted by atomic mass is 19.4. The maximum absolute atomic E-state index is 12.1. The van der Waals surface area contributed by atoms with Crippen molar-refractivity contribution < 1.29 is 50.5 Å². The van der Waals surface area contributed by atoms with Gasteiger partial charge in [-0.15, -0.1) is 0 Å². The molecular weight excluding hydrogens is 314 g/mol. The maximum atomic E-state index is 12.1. The van der Waals surface area contributed by atoms with Crippen LogP contribution >= 0.6 is 0 Å². The Morgan fingerprint density at radius 2 is 1.43 bits per heavy atom. The molecule has 0 aliphatic carbocycles. The summed E-state index contributed by atoms with van der Waals surface area (Å²) in [4.78, 5) is 22.0. The van der Waals surface area contributed by atoms with E-state index in [0.29, 0.717) is 0 Å². The molecule has 1 unspecified atom stereocenters. The largest absolute Gasteiger partial charge is 0.461 e. The first-order valence-electron chi connectivity index (χ1n) is 5.46. The molecular formula is C10H12F6O5. The van der Waals surface area contributed by atoms with Crippen molar-refractivity contribution in [1.82, 2.24) is 0 Å². The molecule has 0 aliphatic heterocycles. The quantitative estimate of drug-likeness (QED) is 0.615. The molecule has 0 aliphatic rings. The Kier molecular flexibility index (Phi) is 6.46. The van der Waals surface area contributed by atoms with Crippen LogP contribution in [0.25, 0.3) is 0 Å². The molecule has 0 radical (unpaired) electrons. The zero-order valence-electron chi connectivity index (χ0n) is 10.8. The number of ether oxygens (including phenoxy) is 2. The zero-order valence-corrected chi connectivity index (χ0v) is 10.8. The van der Waals surface area contributed by atoms with Gasteiger partial charge in [-0.2, -0.15) is 26.3 Å². The van der Waals surface area contributed by atoms with Gasteiger partial charge in [0.25, 0.3) is 6.10 Å². The molecule has 0 heterocycles. The number of carbonyl (C=O) groups excluding carboxylic acids is 2. The van der Waals surface area contributed by atoms with Crippen molar-refractivity contribution in [3.63, 3.8) is 0 Å². The fraction of sp³-hybridized carbons (Fsp3) is 0.800. The van der Waals surface area contributed by atoms with Crippen LogP contribution in [-0.2, 0) is 19.1 Å². The average Bonchev–Trinajstić information content (AvgIpc) is 2.21. The maximum Gasteiger partial charge on any atom is 0.434 e. The average molecular weight is 326 g/mol. The Labute approximate surface area is 114 Å². The van der Waals surface area contributed by atoms with Crippen LogP contribution in [0.15, 0.2) is 0 Å². The van der Waals surface area contributed by atoms with Crippen molar-refractivity contribution in [3.05, 3.63) is 0 Å². The van der Waals surface area contributed by atoms with E-state index in [9.17, 15) is 35.9 Å². The summed E-state index contributed by atoms with van der Waals surface area (Å²) in [5.41, 5.74) is 0. The molecule has 0 aromatic heterocycles. The van der Waals surface area contributed by atoms with E-state index in [4.69, 9.17) is 5.11 Å². The molecule has 0 spiro atoms. The second-order valence-corrected chi connectivity index (χ2v) is 4.16. The Bertz CT molecular complexity index is 361. The SMILES string of the molecule is CC(C)OC(=O)C(O)CC(=O)OC(C(F)(F)F)C(F)(F)F. The van der Waals surface area contributed by atoms with Crippen LogP contribution in [-0.4, -0.2) is 47.7 Å². The second kappa shape index (κ2) is 6.96. The van der Waals surface area contributed by atoms with Gasteiger partial charge in [-0.3, -0.25) is 4.79 Å². The number of rotatable bonds is 5. The molecule has 5 nitrogen and oxygen atoms in total. The van der Waals surface area contributed by atoms with E-state index in [1.807, 2.05) is 0 Å². The third kappa shape index (κ3) is 7.16. The van der Waals surface area contributed by atoms with Crippen molar-refractivity contribution in [2.75, 3.05) is 0 Å². The topological polar surface area (TPSA) is 72.8 Å². The van der Waals surface area contributed by atoms with Crippen molar-refractivity contribution in [2.24, 2.45) is 0 Å². The lowest BCUT2D eigenvalue weighted by Crippen LogP contribution is -2.46. The molecule has 0 saturated carbocycles. The smallest absolute Gasteiger partial charge is 0.434 e.